The smallest absolute Gasteiger partial charge is 0.252 e. The van der Waals surface area contributed by atoms with Crippen molar-refractivity contribution >= 4 is 17.5 Å². The first kappa shape index (κ1) is 12.5. The van der Waals surface area contributed by atoms with Crippen LogP contribution in [0.3, 0.4) is 0 Å². The van der Waals surface area contributed by atoms with Crippen LogP contribution < -0.4 is 10.1 Å². The predicted octanol–water partition coefficient (Wildman–Crippen LogP) is 1.84. The molecule has 0 aliphatic heterocycles. The second-order valence-electron chi connectivity index (χ2n) is 4.16. The summed E-state index contributed by atoms with van der Waals surface area (Å²) in [6.45, 7) is 0. The van der Waals surface area contributed by atoms with Crippen LogP contribution in [0.2, 0.25) is 5.02 Å². The van der Waals surface area contributed by atoms with E-state index in [1.807, 2.05) is 0 Å². The number of rotatable bonds is 3. The Morgan fingerprint density at radius 2 is 2.28 bits per heavy atom. The molecule has 1 amide bonds. The Kier molecular flexibility index (Phi) is 3.05. The predicted molar refractivity (Wildman–Crippen MR) is 64.7 cm³/mol. The molecule has 0 unspecified atom stereocenters. The molecular formula is C12H11ClN2O3. The van der Waals surface area contributed by atoms with Gasteiger partial charge in [-0.25, -0.2) is 0 Å². The van der Waals surface area contributed by atoms with Crippen LogP contribution in [0.5, 0.6) is 11.5 Å². The summed E-state index contributed by atoms with van der Waals surface area (Å²) in [5.41, 5.74) is -0.495. The molecular weight excluding hydrogens is 256 g/mol. The summed E-state index contributed by atoms with van der Waals surface area (Å²) in [6.07, 6.45) is 1.30. The summed E-state index contributed by atoms with van der Waals surface area (Å²) in [7, 11) is 1.37. The molecule has 1 aromatic carbocycles. The first-order valence-corrected chi connectivity index (χ1v) is 5.69. The van der Waals surface area contributed by atoms with E-state index < -0.39 is 11.4 Å². The SMILES string of the molecule is COc1cc(C(=O)NC2(C#N)CC2)cc(Cl)c1O. The summed E-state index contributed by atoms with van der Waals surface area (Å²) in [5.74, 6) is -0.499. The highest BCUT2D eigenvalue weighted by atomic mass is 35.5. The monoisotopic (exact) mass is 266 g/mol. The van der Waals surface area contributed by atoms with Gasteiger partial charge in [0.15, 0.2) is 11.5 Å². The molecule has 0 aromatic heterocycles. The number of hydrogen-bond acceptors (Lipinski definition) is 4. The minimum absolute atomic E-state index is 0.0290. The lowest BCUT2D eigenvalue weighted by Crippen LogP contribution is -2.35. The van der Waals surface area contributed by atoms with Crippen LogP contribution in [0.4, 0.5) is 0 Å². The van der Waals surface area contributed by atoms with Crippen molar-refractivity contribution in [2.24, 2.45) is 0 Å². The van der Waals surface area contributed by atoms with Gasteiger partial charge in [-0.05, 0) is 25.0 Å². The fourth-order valence-electron chi connectivity index (χ4n) is 1.54. The molecule has 1 aliphatic rings. The minimum Gasteiger partial charge on any atom is -0.503 e. The fourth-order valence-corrected chi connectivity index (χ4v) is 1.75. The molecule has 1 aliphatic carbocycles. The number of phenolic OH excluding ortho intramolecular Hbond substituents is 1. The lowest BCUT2D eigenvalue weighted by molar-refractivity contribution is 0.0941. The number of halogens is 1. The van der Waals surface area contributed by atoms with Crippen LogP contribution in [0.1, 0.15) is 23.2 Å². The number of phenols is 1. The summed E-state index contributed by atoms with van der Waals surface area (Å²) in [5, 5.41) is 21.1. The van der Waals surface area contributed by atoms with Crippen molar-refractivity contribution in [2.75, 3.05) is 7.11 Å². The molecule has 94 valence electrons. The lowest BCUT2D eigenvalue weighted by Gasteiger charge is -2.11. The molecule has 1 aromatic rings. The van der Waals surface area contributed by atoms with E-state index in [4.69, 9.17) is 21.6 Å². The molecule has 0 bridgehead atoms. The number of carbonyl (C=O) groups is 1. The van der Waals surface area contributed by atoms with E-state index >= 15 is 0 Å². The van der Waals surface area contributed by atoms with Crippen molar-refractivity contribution < 1.29 is 14.6 Å². The second kappa shape index (κ2) is 4.39. The molecule has 2 N–H and O–H groups in total. The van der Waals surface area contributed by atoms with Crippen molar-refractivity contribution in [3.8, 4) is 17.6 Å². The number of benzene rings is 1. The fraction of sp³-hybridized carbons (Fsp3) is 0.333. The number of aromatic hydroxyl groups is 1. The third-order valence-electron chi connectivity index (χ3n) is 2.83. The molecule has 6 heteroatoms. The first-order valence-electron chi connectivity index (χ1n) is 5.31. The van der Waals surface area contributed by atoms with Gasteiger partial charge in [0.05, 0.1) is 18.2 Å². The zero-order valence-corrected chi connectivity index (χ0v) is 10.4. The maximum absolute atomic E-state index is 11.9. The molecule has 0 saturated heterocycles. The second-order valence-corrected chi connectivity index (χ2v) is 4.56. The van der Waals surface area contributed by atoms with Gasteiger partial charge in [-0.2, -0.15) is 5.26 Å². The number of carbonyl (C=O) groups excluding carboxylic acids is 1. The number of methoxy groups -OCH3 is 1. The number of amides is 1. The van der Waals surface area contributed by atoms with E-state index in [0.717, 1.165) is 0 Å². The van der Waals surface area contributed by atoms with Crippen LogP contribution in [0.25, 0.3) is 0 Å². The van der Waals surface area contributed by atoms with Crippen LogP contribution in [-0.4, -0.2) is 23.7 Å². The summed E-state index contributed by atoms with van der Waals surface area (Å²) in [6, 6.07) is 4.78. The maximum Gasteiger partial charge on any atom is 0.252 e. The van der Waals surface area contributed by atoms with E-state index in [-0.39, 0.29) is 22.1 Å². The highest BCUT2D eigenvalue weighted by molar-refractivity contribution is 6.32. The molecule has 0 spiro atoms. The van der Waals surface area contributed by atoms with Gasteiger partial charge in [0.1, 0.15) is 5.54 Å². The van der Waals surface area contributed by atoms with E-state index in [2.05, 4.69) is 11.4 Å². The van der Waals surface area contributed by atoms with Gasteiger partial charge >= 0.3 is 0 Å². The van der Waals surface area contributed by atoms with Gasteiger partial charge in [0.2, 0.25) is 0 Å². The normalized spacial score (nSPS) is 15.6. The average molecular weight is 267 g/mol. The topological polar surface area (TPSA) is 82.3 Å². The maximum atomic E-state index is 11.9. The van der Waals surface area contributed by atoms with E-state index in [0.29, 0.717) is 12.8 Å². The van der Waals surface area contributed by atoms with Crippen molar-refractivity contribution in [2.45, 2.75) is 18.4 Å². The van der Waals surface area contributed by atoms with Crippen LogP contribution >= 0.6 is 11.6 Å². The molecule has 0 radical (unpaired) electrons. The van der Waals surface area contributed by atoms with Crippen LogP contribution in [-0.2, 0) is 0 Å². The molecule has 2 rings (SSSR count). The van der Waals surface area contributed by atoms with Gasteiger partial charge in [-0.1, -0.05) is 11.6 Å². The van der Waals surface area contributed by atoms with Crippen molar-refractivity contribution in [1.29, 1.82) is 5.26 Å². The first-order chi connectivity index (χ1) is 8.51. The Bertz CT molecular complexity index is 547. The Labute approximate surface area is 109 Å². The third kappa shape index (κ3) is 2.20. The zero-order valence-electron chi connectivity index (χ0n) is 9.66. The van der Waals surface area contributed by atoms with Gasteiger partial charge in [-0.15, -0.1) is 0 Å². The Morgan fingerprint density at radius 3 is 2.78 bits per heavy atom. The van der Waals surface area contributed by atoms with Gasteiger partial charge in [0, 0.05) is 5.56 Å². The molecule has 5 nitrogen and oxygen atoms in total. The standard InChI is InChI=1S/C12H11ClN2O3/c1-18-9-5-7(4-8(13)10(9)16)11(17)15-12(6-14)2-3-12/h4-5,16H,2-3H2,1H3,(H,15,17). The zero-order chi connectivity index (χ0) is 13.3. The number of ether oxygens (including phenoxy) is 1. The van der Waals surface area contributed by atoms with E-state index in [1.54, 1.807) is 0 Å². The largest absolute Gasteiger partial charge is 0.503 e. The van der Waals surface area contributed by atoms with Crippen LogP contribution in [0.15, 0.2) is 12.1 Å². The number of hydrogen-bond donors (Lipinski definition) is 2. The van der Waals surface area contributed by atoms with Crippen molar-refractivity contribution in [3.05, 3.63) is 22.7 Å². The molecule has 0 atom stereocenters. The molecule has 18 heavy (non-hydrogen) atoms. The van der Waals surface area contributed by atoms with Gasteiger partial charge in [0.25, 0.3) is 5.91 Å². The van der Waals surface area contributed by atoms with Crippen LogP contribution in [0, 0.1) is 11.3 Å². The summed E-state index contributed by atoms with van der Waals surface area (Å²) in [4.78, 5) is 11.9. The van der Waals surface area contributed by atoms with Crippen molar-refractivity contribution in [1.82, 2.24) is 5.32 Å². The third-order valence-corrected chi connectivity index (χ3v) is 3.12. The molecule has 1 fully saturated rings. The quantitative estimate of drug-likeness (QED) is 0.874. The minimum atomic E-state index is -0.741. The lowest BCUT2D eigenvalue weighted by atomic mass is 10.1. The van der Waals surface area contributed by atoms with Gasteiger partial charge in [-0.3, -0.25) is 4.79 Å². The molecule has 1 saturated carbocycles. The Morgan fingerprint density at radius 1 is 1.61 bits per heavy atom. The number of nitrogens with zero attached hydrogens (tertiary/aromatic N) is 1. The number of nitrogens with one attached hydrogen (secondary N) is 1. The number of nitriles is 1. The highest BCUT2D eigenvalue weighted by Crippen LogP contribution is 2.37. The van der Waals surface area contributed by atoms with E-state index in [1.165, 1.54) is 19.2 Å². The average Bonchev–Trinajstić information content (AvgIpc) is 3.12. The van der Waals surface area contributed by atoms with E-state index in [9.17, 15) is 9.90 Å². The Balaban J connectivity index is 2.26. The molecule has 0 heterocycles. The summed E-state index contributed by atoms with van der Waals surface area (Å²) < 4.78 is 4.91. The van der Waals surface area contributed by atoms with Crippen molar-refractivity contribution in [3.63, 3.8) is 0 Å². The van der Waals surface area contributed by atoms with Gasteiger partial charge < -0.3 is 15.2 Å². The summed E-state index contributed by atoms with van der Waals surface area (Å²) >= 11 is 5.79. The highest BCUT2D eigenvalue weighted by Gasteiger charge is 2.44. The Hall–Kier alpha value is -1.93.